The van der Waals surface area contributed by atoms with Crippen molar-refractivity contribution < 1.29 is 24.2 Å². The van der Waals surface area contributed by atoms with Crippen molar-refractivity contribution in [2.24, 2.45) is 17.6 Å². The largest absolute Gasteiger partial charge is 0.467 e. The van der Waals surface area contributed by atoms with Crippen LogP contribution in [-0.4, -0.2) is 71.8 Å². The Hall–Kier alpha value is -1.87. The average molecular weight is 429 g/mol. The van der Waals surface area contributed by atoms with Crippen LogP contribution in [0.15, 0.2) is 0 Å². The maximum Gasteiger partial charge on any atom is 0.328 e. The molecule has 0 aromatic rings. The van der Waals surface area contributed by atoms with E-state index in [1.54, 1.807) is 0 Å². The van der Waals surface area contributed by atoms with Crippen LogP contribution < -0.4 is 16.4 Å². The number of hydrogen-bond acceptors (Lipinski definition) is 6. The van der Waals surface area contributed by atoms with Gasteiger partial charge >= 0.3 is 12.0 Å². The highest BCUT2D eigenvalue weighted by atomic mass is 16.5. The molecule has 1 aliphatic rings. The molecule has 174 valence electrons. The Morgan fingerprint density at radius 1 is 1.13 bits per heavy atom. The van der Waals surface area contributed by atoms with E-state index in [1.807, 2.05) is 34.6 Å². The monoisotopic (exact) mass is 428 g/mol. The molecular weight excluding hydrogens is 388 g/mol. The first-order valence-electron chi connectivity index (χ1n) is 10.8. The number of carbonyl (C=O) groups is 3. The minimum Gasteiger partial charge on any atom is -0.467 e. The van der Waals surface area contributed by atoms with Crippen LogP contribution in [0, 0.1) is 11.8 Å². The van der Waals surface area contributed by atoms with Crippen LogP contribution >= 0.6 is 0 Å². The number of nitrogens with zero attached hydrogens (tertiary/aromatic N) is 1. The van der Waals surface area contributed by atoms with Gasteiger partial charge in [-0.2, -0.15) is 0 Å². The second kappa shape index (κ2) is 12.1. The van der Waals surface area contributed by atoms with Crippen molar-refractivity contribution in [1.29, 1.82) is 0 Å². The second-order valence-corrected chi connectivity index (χ2v) is 9.15. The zero-order valence-electron chi connectivity index (χ0n) is 19.2. The van der Waals surface area contributed by atoms with E-state index in [1.165, 1.54) is 12.0 Å². The minimum absolute atomic E-state index is 0.0485. The van der Waals surface area contributed by atoms with E-state index in [4.69, 9.17) is 10.5 Å². The van der Waals surface area contributed by atoms with Crippen molar-refractivity contribution in [2.75, 3.05) is 13.7 Å². The summed E-state index contributed by atoms with van der Waals surface area (Å²) in [4.78, 5) is 38.8. The van der Waals surface area contributed by atoms with Crippen LogP contribution in [0.1, 0.15) is 60.3 Å². The Morgan fingerprint density at radius 3 is 2.27 bits per heavy atom. The van der Waals surface area contributed by atoms with Gasteiger partial charge in [0.2, 0.25) is 5.91 Å². The smallest absolute Gasteiger partial charge is 0.328 e. The molecule has 30 heavy (non-hydrogen) atoms. The molecule has 0 aromatic heterocycles. The number of urea groups is 1. The second-order valence-electron chi connectivity index (χ2n) is 9.15. The van der Waals surface area contributed by atoms with Gasteiger partial charge in [0.25, 0.3) is 0 Å². The minimum atomic E-state index is -0.933. The van der Waals surface area contributed by atoms with Crippen LogP contribution in [0.3, 0.4) is 0 Å². The highest BCUT2D eigenvalue weighted by Gasteiger charge is 2.35. The number of β-amino-alcohol motifs (C(OH)–C–C–N with tert-alkyl or cyclic N) is 1. The molecule has 0 aliphatic carbocycles. The van der Waals surface area contributed by atoms with Crippen molar-refractivity contribution in [1.82, 2.24) is 15.5 Å². The number of nitrogens with one attached hydrogen (secondary N) is 2. The molecule has 9 heteroatoms. The van der Waals surface area contributed by atoms with E-state index < -0.39 is 36.2 Å². The molecule has 1 fully saturated rings. The normalized spacial score (nSPS) is 24.2. The van der Waals surface area contributed by atoms with E-state index in [-0.39, 0.29) is 30.3 Å². The third kappa shape index (κ3) is 8.10. The molecule has 1 aliphatic heterocycles. The van der Waals surface area contributed by atoms with Crippen molar-refractivity contribution in [3.8, 4) is 0 Å². The highest BCUT2D eigenvalue weighted by molar-refractivity contribution is 5.84. The number of carbonyl (C=O) groups excluding carboxylic acids is 3. The van der Waals surface area contributed by atoms with Gasteiger partial charge in [-0.05, 0) is 44.4 Å². The lowest BCUT2D eigenvalue weighted by molar-refractivity contribution is -0.143. The van der Waals surface area contributed by atoms with Crippen LogP contribution in [0.5, 0.6) is 0 Å². The zero-order valence-corrected chi connectivity index (χ0v) is 19.2. The number of methoxy groups -OCH3 is 1. The molecule has 1 unspecified atom stereocenters. The van der Waals surface area contributed by atoms with Crippen molar-refractivity contribution in [3.63, 3.8) is 0 Å². The summed E-state index contributed by atoms with van der Waals surface area (Å²) in [6.07, 6.45) is 1.21. The topological polar surface area (TPSA) is 134 Å². The molecule has 0 spiro atoms. The Kier molecular flexibility index (Phi) is 10.6. The number of esters is 1. The maximum absolute atomic E-state index is 12.9. The van der Waals surface area contributed by atoms with Gasteiger partial charge in [-0.15, -0.1) is 0 Å². The summed E-state index contributed by atoms with van der Waals surface area (Å²) in [6.45, 7) is 9.83. The standard InChI is InChI=1S/C21H40N4O5/c1-12(2)9-15(22)19(27)23-16-8-7-14(5)25(11-18(16)26)21(29)24-17(10-13(3)4)20(28)30-6/h12-18,26H,7-11,22H2,1-6H3,(H,23,27)(H,24,29)/t14-,15+,16+,17?,18+/m1/s1. The SMILES string of the molecule is COC(=O)C(CC(C)C)NC(=O)N1C[C@H](O)[C@@H](NC(=O)[C@@H](N)CC(C)C)CC[C@H]1C. The van der Waals surface area contributed by atoms with Gasteiger partial charge in [0.15, 0.2) is 0 Å². The van der Waals surface area contributed by atoms with Gasteiger partial charge < -0.3 is 31.1 Å². The maximum atomic E-state index is 12.9. The summed E-state index contributed by atoms with van der Waals surface area (Å²) in [5.74, 6) is -0.306. The lowest BCUT2D eigenvalue weighted by Gasteiger charge is -2.31. The molecule has 5 atom stereocenters. The summed E-state index contributed by atoms with van der Waals surface area (Å²) in [7, 11) is 1.29. The summed E-state index contributed by atoms with van der Waals surface area (Å²) >= 11 is 0. The number of rotatable bonds is 8. The van der Waals surface area contributed by atoms with Crippen molar-refractivity contribution >= 4 is 17.9 Å². The zero-order chi connectivity index (χ0) is 23.0. The first kappa shape index (κ1) is 26.2. The Morgan fingerprint density at radius 2 is 1.73 bits per heavy atom. The fourth-order valence-electron chi connectivity index (χ4n) is 3.69. The Labute approximate surface area is 180 Å². The summed E-state index contributed by atoms with van der Waals surface area (Å²) in [5, 5.41) is 16.2. The summed E-state index contributed by atoms with van der Waals surface area (Å²) < 4.78 is 4.80. The number of likely N-dealkylation sites (tertiary alicyclic amines) is 1. The Bertz CT molecular complexity index is 584. The molecule has 1 rings (SSSR count). The number of hydrogen-bond donors (Lipinski definition) is 4. The van der Waals surface area contributed by atoms with Crippen LogP contribution in [0.2, 0.25) is 0 Å². The van der Waals surface area contributed by atoms with E-state index in [0.717, 1.165) is 0 Å². The quantitative estimate of drug-likeness (QED) is 0.426. The lowest BCUT2D eigenvalue weighted by atomic mass is 10.0. The lowest BCUT2D eigenvalue weighted by Crippen LogP contribution is -2.55. The summed E-state index contributed by atoms with van der Waals surface area (Å²) in [5.41, 5.74) is 5.95. The number of aliphatic hydroxyl groups excluding tert-OH is 1. The first-order valence-corrected chi connectivity index (χ1v) is 10.8. The van der Waals surface area contributed by atoms with E-state index in [0.29, 0.717) is 25.7 Å². The third-order valence-electron chi connectivity index (χ3n) is 5.42. The number of aliphatic hydroxyl groups is 1. The molecule has 9 nitrogen and oxygen atoms in total. The molecular formula is C21H40N4O5. The fraction of sp³-hybridized carbons (Fsp3) is 0.857. The van der Waals surface area contributed by atoms with Crippen LogP contribution in [-0.2, 0) is 14.3 Å². The number of amides is 3. The first-order chi connectivity index (χ1) is 14.0. The van der Waals surface area contributed by atoms with Gasteiger partial charge in [-0.25, -0.2) is 9.59 Å². The Balaban J connectivity index is 2.79. The molecule has 0 radical (unpaired) electrons. The molecule has 0 saturated carbocycles. The van der Waals surface area contributed by atoms with Gasteiger partial charge in [-0.3, -0.25) is 4.79 Å². The van der Waals surface area contributed by atoms with Crippen LogP contribution in [0.25, 0.3) is 0 Å². The molecule has 0 bridgehead atoms. The summed E-state index contributed by atoms with van der Waals surface area (Å²) in [6, 6.07) is -2.46. The van der Waals surface area contributed by atoms with Crippen LogP contribution in [0.4, 0.5) is 4.79 Å². The van der Waals surface area contributed by atoms with E-state index in [9.17, 15) is 19.5 Å². The van der Waals surface area contributed by atoms with Gasteiger partial charge in [0, 0.05) is 6.04 Å². The molecule has 5 N–H and O–H groups in total. The van der Waals surface area contributed by atoms with Gasteiger partial charge in [0.1, 0.15) is 6.04 Å². The highest BCUT2D eigenvalue weighted by Crippen LogP contribution is 2.19. The molecule has 1 heterocycles. The van der Waals surface area contributed by atoms with Crippen molar-refractivity contribution in [2.45, 2.75) is 90.6 Å². The number of ether oxygens (including phenoxy) is 1. The molecule has 3 amide bonds. The average Bonchev–Trinajstić information content (AvgIpc) is 2.79. The fourth-order valence-corrected chi connectivity index (χ4v) is 3.69. The van der Waals surface area contributed by atoms with E-state index in [2.05, 4.69) is 10.6 Å². The van der Waals surface area contributed by atoms with Gasteiger partial charge in [-0.1, -0.05) is 27.7 Å². The van der Waals surface area contributed by atoms with Gasteiger partial charge in [0.05, 0.1) is 31.8 Å². The van der Waals surface area contributed by atoms with Crippen molar-refractivity contribution in [3.05, 3.63) is 0 Å². The molecule has 0 aromatic carbocycles. The molecule has 1 saturated heterocycles. The number of nitrogens with two attached hydrogens (primary N) is 1. The third-order valence-corrected chi connectivity index (χ3v) is 5.42. The van der Waals surface area contributed by atoms with E-state index >= 15 is 0 Å². The predicted molar refractivity (Wildman–Crippen MR) is 115 cm³/mol. The predicted octanol–water partition coefficient (Wildman–Crippen LogP) is 0.987.